The van der Waals surface area contributed by atoms with Gasteiger partial charge in [-0.3, -0.25) is 0 Å². The first kappa shape index (κ1) is 10.6. The molecule has 0 saturated carbocycles. The average molecular weight is 245 g/mol. The lowest BCUT2D eigenvalue weighted by Gasteiger charge is -2.03. The lowest BCUT2D eigenvalue weighted by molar-refractivity contribution is 0.456. The van der Waals surface area contributed by atoms with Crippen molar-refractivity contribution in [3.63, 3.8) is 0 Å². The molecule has 13 heavy (non-hydrogen) atoms. The van der Waals surface area contributed by atoms with Gasteiger partial charge in [0.1, 0.15) is 0 Å². The van der Waals surface area contributed by atoms with Gasteiger partial charge in [0.05, 0.1) is 10.0 Å². The van der Waals surface area contributed by atoms with Crippen molar-refractivity contribution in [1.29, 1.82) is 0 Å². The van der Waals surface area contributed by atoms with Crippen LogP contribution in [0.25, 0.3) is 0 Å². The first-order valence-corrected chi connectivity index (χ1v) is 5.09. The highest BCUT2D eigenvalue weighted by atomic mass is 35.5. The van der Waals surface area contributed by atoms with Crippen molar-refractivity contribution >= 4 is 33.4 Å². The molecule has 1 rings (SSSR count). The Hall–Kier alpha value is -0.520. The molecule has 7 heteroatoms. The van der Waals surface area contributed by atoms with Crippen LogP contribution in [0, 0.1) is 0 Å². The smallest absolute Gasteiger partial charge is 0.337 e. The minimum absolute atomic E-state index is 0.277. The number of phenolic OH excluding ortho intramolecular Hbond substituents is 1. The van der Waals surface area contributed by atoms with Crippen LogP contribution in [0.5, 0.6) is 5.75 Å². The van der Waals surface area contributed by atoms with E-state index < -0.39 is 25.9 Å². The van der Waals surface area contributed by atoms with Crippen LogP contribution in [0.2, 0.25) is 10.0 Å². The molecule has 3 nitrogen and oxygen atoms in total. The van der Waals surface area contributed by atoms with Gasteiger partial charge < -0.3 is 5.11 Å². The molecule has 1 aromatic rings. The molecule has 0 saturated heterocycles. The van der Waals surface area contributed by atoms with E-state index in [4.69, 9.17) is 28.3 Å². The van der Waals surface area contributed by atoms with Crippen molar-refractivity contribution in [2.24, 2.45) is 0 Å². The predicted octanol–water partition coefficient (Wildman–Crippen LogP) is 2.36. The number of phenols is 1. The molecule has 0 bridgehead atoms. The Morgan fingerprint density at radius 3 is 2.08 bits per heavy atom. The third kappa shape index (κ3) is 2.04. The summed E-state index contributed by atoms with van der Waals surface area (Å²) in [6.45, 7) is 0. The molecule has 72 valence electrons. The van der Waals surface area contributed by atoms with Gasteiger partial charge in [-0.15, -0.1) is 3.89 Å². The number of aromatic hydroxyl groups is 1. The standard InChI is InChI=1S/C6H3Cl2FO3S/c7-3-1-2-4(8)6(5(3)10)13(9,11)12/h1-2,10H. The van der Waals surface area contributed by atoms with Gasteiger partial charge in [0.2, 0.25) is 0 Å². The van der Waals surface area contributed by atoms with Gasteiger partial charge in [0, 0.05) is 0 Å². The van der Waals surface area contributed by atoms with Crippen molar-refractivity contribution < 1.29 is 17.4 Å². The normalized spacial score (nSPS) is 11.6. The van der Waals surface area contributed by atoms with Gasteiger partial charge in [0.15, 0.2) is 10.6 Å². The maximum Gasteiger partial charge on any atom is 0.337 e. The SMILES string of the molecule is O=S(=O)(F)c1c(Cl)ccc(Cl)c1O. The summed E-state index contributed by atoms with van der Waals surface area (Å²) in [5.74, 6) is -0.878. The molecule has 0 fully saturated rings. The Balaban J connectivity index is 3.62. The minimum atomic E-state index is -5.05. The summed E-state index contributed by atoms with van der Waals surface area (Å²) >= 11 is 10.7. The summed E-state index contributed by atoms with van der Waals surface area (Å²) < 4.78 is 33.4. The molecule has 0 spiro atoms. The Bertz CT molecular complexity index is 443. The molecule has 0 aliphatic rings. The molecule has 1 N–H and O–H groups in total. The van der Waals surface area contributed by atoms with Crippen LogP contribution in [0.3, 0.4) is 0 Å². The zero-order valence-electron chi connectivity index (χ0n) is 5.96. The summed E-state index contributed by atoms with van der Waals surface area (Å²) in [6, 6.07) is 2.24. The van der Waals surface area contributed by atoms with E-state index in [0.717, 1.165) is 12.1 Å². The zero-order valence-corrected chi connectivity index (χ0v) is 8.29. The van der Waals surface area contributed by atoms with Crippen LogP contribution in [0.4, 0.5) is 3.89 Å². The molecule has 0 heterocycles. The second-order valence-corrected chi connectivity index (χ2v) is 4.24. The van der Waals surface area contributed by atoms with Gasteiger partial charge in [0.25, 0.3) is 0 Å². The van der Waals surface area contributed by atoms with E-state index in [1.807, 2.05) is 0 Å². The van der Waals surface area contributed by atoms with Crippen LogP contribution in [0.15, 0.2) is 17.0 Å². The number of rotatable bonds is 1. The molecule has 0 atom stereocenters. The van der Waals surface area contributed by atoms with Crippen molar-refractivity contribution in [1.82, 2.24) is 0 Å². The molecule has 0 unspecified atom stereocenters. The van der Waals surface area contributed by atoms with Gasteiger partial charge >= 0.3 is 10.2 Å². The second kappa shape index (κ2) is 3.32. The van der Waals surface area contributed by atoms with E-state index in [1.54, 1.807) is 0 Å². The van der Waals surface area contributed by atoms with Crippen molar-refractivity contribution in [3.8, 4) is 5.75 Å². The molecular weight excluding hydrogens is 242 g/mol. The van der Waals surface area contributed by atoms with Gasteiger partial charge in [-0.1, -0.05) is 23.2 Å². The van der Waals surface area contributed by atoms with E-state index >= 15 is 0 Å². The fourth-order valence-corrected chi connectivity index (χ4v) is 2.04. The van der Waals surface area contributed by atoms with E-state index in [0.29, 0.717) is 0 Å². The highest BCUT2D eigenvalue weighted by molar-refractivity contribution is 7.86. The van der Waals surface area contributed by atoms with Gasteiger partial charge in [-0.05, 0) is 12.1 Å². The third-order valence-corrected chi connectivity index (χ3v) is 2.91. The van der Waals surface area contributed by atoms with Gasteiger partial charge in [-0.25, -0.2) is 0 Å². The topological polar surface area (TPSA) is 54.4 Å². The van der Waals surface area contributed by atoms with Crippen molar-refractivity contribution in [2.75, 3.05) is 0 Å². The monoisotopic (exact) mass is 244 g/mol. The summed E-state index contributed by atoms with van der Waals surface area (Å²) in [5.41, 5.74) is 0. The van der Waals surface area contributed by atoms with Crippen LogP contribution >= 0.6 is 23.2 Å². The quantitative estimate of drug-likeness (QED) is 0.772. The fourth-order valence-electron chi connectivity index (χ4n) is 0.754. The lowest BCUT2D eigenvalue weighted by Crippen LogP contribution is -1.94. The lowest BCUT2D eigenvalue weighted by atomic mass is 10.3. The maximum absolute atomic E-state index is 12.5. The predicted molar refractivity (Wildman–Crippen MR) is 46.4 cm³/mol. The highest BCUT2D eigenvalue weighted by Gasteiger charge is 2.23. The van der Waals surface area contributed by atoms with Crippen LogP contribution in [-0.4, -0.2) is 13.5 Å². The van der Waals surface area contributed by atoms with Crippen molar-refractivity contribution in [3.05, 3.63) is 22.2 Å². The molecule has 0 amide bonds. The minimum Gasteiger partial charge on any atom is -0.505 e. The molecule has 0 aliphatic carbocycles. The largest absolute Gasteiger partial charge is 0.505 e. The summed E-state index contributed by atoms with van der Waals surface area (Å²) in [4.78, 5) is -0.998. The van der Waals surface area contributed by atoms with Gasteiger partial charge in [-0.2, -0.15) is 8.42 Å². The van der Waals surface area contributed by atoms with Crippen LogP contribution in [0.1, 0.15) is 0 Å². The molecule has 0 aliphatic heterocycles. The fraction of sp³-hybridized carbons (Fsp3) is 0. The first-order valence-electron chi connectivity index (χ1n) is 2.95. The van der Waals surface area contributed by atoms with Crippen LogP contribution < -0.4 is 0 Å². The Morgan fingerprint density at radius 2 is 1.69 bits per heavy atom. The Labute approximate surface area is 83.9 Å². The van der Waals surface area contributed by atoms with Crippen molar-refractivity contribution in [2.45, 2.75) is 4.90 Å². The van der Waals surface area contributed by atoms with E-state index in [9.17, 15) is 12.3 Å². The number of benzene rings is 1. The summed E-state index contributed by atoms with van der Waals surface area (Å²) in [7, 11) is -5.05. The number of hydrogen-bond acceptors (Lipinski definition) is 3. The second-order valence-electron chi connectivity index (χ2n) is 2.14. The first-order chi connectivity index (χ1) is 5.84. The number of halogens is 3. The van der Waals surface area contributed by atoms with E-state index in [-0.39, 0.29) is 5.02 Å². The highest BCUT2D eigenvalue weighted by Crippen LogP contribution is 2.37. The molecular formula is C6H3Cl2FO3S. The number of hydrogen-bond donors (Lipinski definition) is 1. The third-order valence-electron chi connectivity index (χ3n) is 1.28. The Kier molecular flexibility index (Phi) is 2.70. The molecule has 0 radical (unpaired) electrons. The average Bonchev–Trinajstić information content (AvgIpc) is 1.95. The Morgan fingerprint density at radius 1 is 1.23 bits per heavy atom. The summed E-state index contributed by atoms with van der Waals surface area (Å²) in [6.07, 6.45) is 0. The zero-order chi connectivity index (χ0) is 10.2. The summed E-state index contributed by atoms with van der Waals surface area (Å²) in [5, 5.41) is 8.39. The molecule has 1 aromatic carbocycles. The van der Waals surface area contributed by atoms with Crippen LogP contribution in [-0.2, 0) is 10.2 Å². The van der Waals surface area contributed by atoms with E-state index in [2.05, 4.69) is 0 Å². The maximum atomic E-state index is 12.5. The molecule has 0 aromatic heterocycles. The van der Waals surface area contributed by atoms with E-state index in [1.165, 1.54) is 0 Å².